The second-order valence-electron chi connectivity index (χ2n) is 7.09. The third-order valence-electron chi connectivity index (χ3n) is 5.20. The summed E-state index contributed by atoms with van der Waals surface area (Å²) in [6, 6.07) is 4.29. The van der Waals surface area contributed by atoms with Crippen molar-refractivity contribution < 1.29 is 0 Å². The molecule has 1 fully saturated rings. The number of hydrogen-bond donors (Lipinski definition) is 2. The van der Waals surface area contributed by atoms with Crippen LogP contribution >= 0.6 is 0 Å². The molecule has 0 bridgehead atoms. The summed E-state index contributed by atoms with van der Waals surface area (Å²) in [5, 5.41) is 20.4. The van der Waals surface area contributed by atoms with Crippen molar-refractivity contribution in [3.05, 3.63) is 41.2 Å². The van der Waals surface area contributed by atoms with Gasteiger partial charge in [-0.1, -0.05) is 0 Å². The highest BCUT2D eigenvalue weighted by molar-refractivity contribution is 5.83. The number of aryl methyl sites for hydroxylation is 1. The molecular formula is C18H17N9O. The smallest absolute Gasteiger partial charge is 0.273 e. The van der Waals surface area contributed by atoms with Crippen LogP contribution < -0.4 is 11.3 Å². The van der Waals surface area contributed by atoms with Crippen molar-refractivity contribution in [2.45, 2.75) is 18.9 Å². The summed E-state index contributed by atoms with van der Waals surface area (Å²) in [5.74, 6) is 0.432. The molecule has 0 radical (unpaired) electrons. The normalized spacial score (nSPS) is 18.9. The molecule has 4 heterocycles. The molecule has 10 heteroatoms. The first kappa shape index (κ1) is 16.3. The van der Waals surface area contributed by atoms with Gasteiger partial charge in [-0.25, -0.2) is 9.50 Å². The molecule has 140 valence electrons. The predicted octanol–water partition coefficient (Wildman–Crippen LogP) is 1.34. The van der Waals surface area contributed by atoms with Gasteiger partial charge in [0.1, 0.15) is 5.69 Å². The molecule has 1 aliphatic rings. The molecule has 10 nitrogen and oxygen atoms in total. The van der Waals surface area contributed by atoms with Crippen molar-refractivity contribution in [3.8, 4) is 28.6 Å². The van der Waals surface area contributed by atoms with Crippen LogP contribution in [-0.2, 0) is 7.05 Å². The lowest BCUT2D eigenvalue weighted by Crippen LogP contribution is -2.26. The number of aromatic nitrogens is 7. The van der Waals surface area contributed by atoms with E-state index in [4.69, 9.17) is 16.0 Å². The van der Waals surface area contributed by atoms with Crippen molar-refractivity contribution in [1.82, 2.24) is 34.2 Å². The van der Waals surface area contributed by atoms with Gasteiger partial charge in [0.05, 0.1) is 52.8 Å². The van der Waals surface area contributed by atoms with Gasteiger partial charge in [-0.3, -0.25) is 19.3 Å². The van der Waals surface area contributed by atoms with Crippen LogP contribution in [0.2, 0.25) is 0 Å². The standard InChI is InChI=1S/C18H17N9O/c1-25-7-12(18(28)24-25)14-9-27-15(2-3-21-27)16(22-14)13-8-26(23-17(13)20)11-4-10(5-11)6-19/h2-3,7-11H,4-5H2,1H3,(H2,20,23)(H,24,28)/t10-,11-. The first-order valence-electron chi connectivity index (χ1n) is 8.88. The maximum atomic E-state index is 12.2. The molecule has 3 N–H and O–H groups in total. The number of hydrogen-bond acceptors (Lipinski definition) is 6. The van der Waals surface area contributed by atoms with Crippen LogP contribution in [-0.4, -0.2) is 34.2 Å². The van der Waals surface area contributed by atoms with Gasteiger partial charge < -0.3 is 5.73 Å². The Kier molecular flexibility index (Phi) is 3.39. The average molecular weight is 375 g/mol. The summed E-state index contributed by atoms with van der Waals surface area (Å²) >= 11 is 0. The largest absolute Gasteiger partial charge is 0.382 e. The Balaban J connectivity index is 1.64. The summed E-state index contributed by atoms with van der Waals surface area (Å²) in [6.07, 6.45) is 8.48. The molecule has 1 aliphatic carbocycles. The highest BCUT2D eigenvalue weighted by Gasteiger charge is 2.32. The molecule has 4 aromatic rings. The third kappa shape index (κ3) is 2.40. The van der Waals surface area contributed by atoms with E-state index in [1.165, 1.54) is 0 Å². The first-order chi connectivity index (χ1) is 13.5. The van der Waals surface area contributed by atoms with Crippen LogP contribution in [0.3, 0.4) is 0 Å². The minimum Gasteiger partial charge on any atom is -0.382 e. The van der Waals surface area contributed by atoms with Gasteiger partial charge in [-0.15, -0.1) is 0 Å². The van der Waals surface area contributed by atoms with E-state index in [0.29, 0.717) is 28.3 Å². The molecule has 4 aromatic heterocycles. The van der Waals surface area contributed by atoms with E-state index < -0.39 is 0 Å². The summed E-state index contributed by atoms with van der Waals surface area (Å²) in [5.41, 5.74) is 8.97. The van der Waals surface area contributed by atoms with Gasteiger partial charge in [-0.05, 0) is 18.9 Å². The van der Waals surface area contributed by atoms with Crippen LogP contribution in [0.1, 0.15) is 18.9 Å². The van der Waals surface area contributed by atoms with Crippen LogP contribution in [0.4, 0.5) is 5.82 Å². The number of rotatable bonds is 3. The molecule has 0 amide bonds. The highest BCUT2D eigenvalue weighted by Crippen LogP contribution is 2.39. The highest BCUT2D eigenvalue weighted by atomic mass is 16.1. The number of nitrogens with two attached hydrogens (primary N) is 1. The maximum absolute atomic E-state index is 12.2. The zero-order chi connectivity index (χ0) is 19.4. The third-order valence-corrected chi connectivity index (χ3v) is 5.20. The molecule has 5 rings (SSSR count). The van der Waals surface area contributed by atoms with Gasteiger partial charge in [0.15, 0.2) is 5.82 Å². The monoisotopic (exact) mass is 375 g/mol. The van der Waals surface area contributed by atoms with Crippen LogP contribution in [0.5, 0.6) is 0 Å². The molecule has 1 saturated carbocycles. The van der Waals surface area contributed by atoms with Crippen molar-refractivity contribution in [2.24, 2.45) is 13.0 Å². The van der Waals surface area contributed by atoms with Crippen LogP contribution in [0.15, 0.2) is 35.6 Å². The van der Waals surface area contributed by atoms with E-state index in [1.54, 1.807) is 34.8 Å². The fourth-order valence-corrected chi connectivity index (χ4v) is 3.63. The second-order valence-corrected chi connectivity index (χ2v) is 7.09. The number of fused-ring (bicyclic) bond motifs is 1. The summed E-state index contributed by atoms with van der Waals surface area (Å²) in [4.78, 5) is 16.9. The van der Waals surface area contributed by atoms with Gasteiger partial charge in [0, 0.05) is 19.4 Å². The fraction of sp³-hybridized carbons (Fsp3) is 0.278. The lowest BCUT2D eigenvalue weighted by molar-refractivity contribution is 0.230. The number of H-pyrrole nitrogens is 1. The molecule has 0 saturated heterocycles. The lowest BCUT2D eigenvalue weighted by Gasteiger charge is -2.30. The van der Waals surface area contributed by atoms with Crippen molar-refractivity contribution >= 4 is 11.3 Å². The Morgan fingerprint density at radius 2 is 2.11 bits per heavy atom. The van der Waals surface area contributed by atoms with Crippen molar-refractivity contribution in [2.75, 3.05) is 5.73 Å². The number of aromatic amines is 1. The van der Waals surface area contributed by atoms with Gasteiger partial charge >= 0.3 is 0 Å². The average Bonchev–Trinajstić information content (AvgIpc) is 3.32. The van der Waals surface area contributed by atoms with E-state index >= 15 is 0 Å². The van der Waals surface area contributed by atoms with E-state index in [-0.39, 0.29) is 17.5 Å². The molecule has 0 aliphatic heterocycles. The number of nitriles is 1. The maximum Gasteiger partial charge on any atom is 0.273 e. The van der Waals surface area contributed by atoms with Crippen molar-refractivity contribution in [3.63, 3.8) is 0 Å². The lowest BCUT2D eigenvalue weighted by atomic mass is 9.81. The Morgan fingerprint density at radius 1 is 1.29 bits per heavy atom. The molecule has 0 spiro atoms. The summed E-state index contributed by atoms with van der Waals surface area (Å²) in [6.45, 7) is 0. The summed E-state index contributed by atoms with van der Waals surface area (Å²) in [7, 11) is 1.74. The van der Waals surface area contributed by atoms with E-state index in [0.717, 1.165) is 18.4 Å². The molecule has 0 atom stereocenters. The minimum absolute atomic E-state index is 0.0756. The van der Waals surface area contributed by atoms with Gasteiger partial charge in [-0.2, -0.15) is 15.5 Å². The summed E-state index contributed by atoms with van der Waals surface area (Å²) < 4.78 is 5.08. The number of anilines is 1. The topological polar surface area (TPSA) is 136 Å². The Labute approximate surface area is 158 Å². The Morgan fingerprint density at radius 3 is 2.82 bits per heavy atom. The quantitative estimate of drug-likeness (QED) is 0.555. The predicted molar refractivity (Wildman–Crippen MR) is 101 cm³/mol. The molecule has 0 aromatic carbocycles. The Hall–Kier alpha value is -3.87. The Bertz CT molecular complexity index is 1290. The second kappa shape index (κ2) is 5.82. The zero-order valence-electron chi connectivity index (χ0n) is 15.1. The molecule has 0 unspecified atom stereocenters. The first-order valence-corrected chi connectivity index (χ1v) is 8.88. The zero-order valence-corrected chi connectivity index (χ0v) is 15.1. The minimum atomic E-state index is -0.229. The van der Waals surface area contributed by atoms with Gasteiger partial charge in [0.2, 0.25) is 0 Å². The van der Waals surface area contributed by atoms with Crippen LogP contribution in [0, 0.1) is 17.2 Å². The molecule has 28 heavy (non-hydrogen) atoms. The number of nitrogen functional groups attached to an aromatic ring is 1. The number of nitrogens with one attached hydrogen (secondary N) is 1. The van der Waals surface area contributed by atoms with E-state index in [1.807, 2.05) is 16.9 Å². The van der Waals surface area contributed by atoms with Gasteiger partial charge in [0.25, 0.3) is 5.56 Å². The fourth-order valence-electron chi connectivity index (χ4n) is 3.63. The van der Waals surface area contributed by atoms with E-state index in [9.17, 15) is 4.79 Å². The van der Waals surface area contributed by atoms with Crippen molar-refractivity contribution in [1.29, 1.82) is 5.26 Å². The SMILES string of the molecule is Cn1cc(-c2cn3nccc3c(-c3cn([C@H]4C[C@H](C#N)C4)nc3N)n2)c(=O)[nH]1. The van der Waals surface area contributed by atoms with Crippen LogP contribution in [0.25, 0.3) is 28.0 Å². The number of nitrogens with zero attached hydrogens (tertiary/aromatic N) is 7. The van der Waals surface area contributed by atoms with E-state index in [2.05, 4.69) is 21.4 Å². The molecular weight excluding hydrogens is 358 g/mol.